The van der Waals surface area contributed by atoms with Gasteiger partial charge in [-0.2, -0.15) is 0 Å². The first-order valence-corrected chi connectivity index (χ1v) is 11.1. The minimum atomic E-state index is 0.642. The Morgan fingerprint density at radius 3 is 2.67 bits per heavy atom. The van der Waals surface area contributed by atoms with Crippen LogP contribution in [-0.4, -0.2) is 53.5 Å². The zero-order valence-corrected chi connectivity index (χ0v) is 17.7. The summed E-state index contributed by atoms with van der Waals surface area (Å²) in [6.45, 7) is 5.72. The largest absolute Gasteiger partial charge is 0.357 e. The second-order valence-corrected chi connectivity index (χ2v) is 8.96. The van der Waals surface area contributed by atoms with E-state index in [2.05, 4.69) is 56.9 Å². The van der Waals surface area contributed by atoms with E-state index in [-0.39, 0.29) is 0 Å². The summed E-state index contributed by atoms with van der Waals surface area (Å²) in [7, 11) is 2.16. The molecule has 0 N–H and O–H groups in total. The molecule has 30 heavy (non-hydrogen) atoms. The highest BCUT2D eigenvalue weighted by molar-refractivity contribution is 5.84. The van der Waals surface area contributed by atoms with E-state index in [4.69, 9.17) is 0 Å². The number of para-hydroxylation sites is 1. The topological polar surface area (TPSA) is 41.4 Å². The number of piperidine rings is 1. The first kappa shape index (κ1) is 19.3. The number of carbonyl (C=O) groups excluding carboxylic acids is 1. The summed E-state index contributed by atoms with van der Waals surface area (Å²) >= 11 is 0. The van der Waals surface area contributed by atoms with Gasteiger partial charge in [0.05, 0.1) is 0 Å². The van der Waals surface area contributed by atoms with Crippen LogP contribution in [-0.2, 0) is 7.05 Å². The van der Waals surface area contributed by atoms with E-state index in [1.54, 1.807) is 6.20 Å². The smallest absolute Gasteiger partial charge is 0.151 e. The van der Waals surface area contributed by atoms with Gasteiger partial charge in [-0.15, -0.1) is 0 Å². The van der Waals surface area contributed by atoms with Gasteiger partial charge in [0, 0.05) is 62.1 Å². The number of pyridine rings is 1. The van der Waals surface area contributed by atoms with Crippen LogP contribution in [0.4, 0.5) is 5.82 Å². The van der Waals surface area contributed by atoms with Crippen LogP contribution in [0.2, 0.25) is 0 Å². The van der Waals surface area contributed by atoms with Gasteiger partial charge >= 0.3 is 0 Å². The average molecular weight is 403 g/mol. The second-order valence-electron chi connectivity index (χ2n) is 8.96. The fourth-order valence-corrected chi connectivity index (χ4v) is 5.31. The second kappa shape index (κ2) is 8.23. The highest BCUT2D eigenvalue weighted by Gasteiger charge is 2.29. The van der Waals surface area contributed by atoms with Crippen molar-refractivity contribution in [1.29, 1.82) is 0 Å². The highest BCUT2D eigenvalue weighted by Crippen LogP contribution is 2.34. The van der Waals surface area contributed by atoms with E-state index in [1.807, 2.05) is 12.1 Å². The molecule has 2 aliphatic rings. The van der Waals surface area contributed by atoms with Crippen LogP contribution < -0.4 is 4.90 Å². The van der Waals surface area contributed by atoms with E-state index < -0.39 is 0 Å². The normalized spacial score (nSPS) is 20.8. The van der Waals surface area contributed by atoms with Crippen molar-refractivity contribution in [3.8, 4) is 0 Å². The van der Waals surface area contributed by atoms with Crippen molar-refractivity contribution in [2.24, 2.45) is 13.0 Å². The molecule has 3 aromatic rings. The molecule has 0 radical (unpaired) electrons. The summed E-state index contributed by atoms with van der Waals surface area (Å²) < 4.78 is 2.28. The van der Waals surface area contributed by atoms with Gasteiger partial charge in [-0.1, -0.05) is 18.2 Å². The number of anilines is 1. The number of aryl methyl sites for hydroxylation is 1. The Bertz CT molecular complexity index is 1020. The van der Waals surface area contributed by atoms with Gasteiger partial charge in [0.1, 0.15) is 5.82 Å². The number of likely N-dealkylation sites (tertiary alicyclic amines) is 1. The third-order valence-corrected chi connectivity index (χ3v) is 7.00. The first-order chi connectivity index (χ1) is 14.7. The summed E-state index contributed by atoms with van der Waals surface area (Å²) in [5.74, 6) is 2.41. The molecule has 0 spiro atoms. The minimum Gasteiger partial charge on any atom is -0.357 e. The summed E-state index contributed by atoms with van der Waals surface area (Å²) in [5, 5.41) is 1.42. The maximum Gasteiger partial charge on any atom is 0.151 e. The predicted octanol–water partition coefficient (Wildman–Crippen LogP) is 4.09. The van der Waals surface area contributed by atoms with E-state index in [0.717, 1.165) is 31.1 Å². The summed E-state index contributed by atoms with van der Waals surface area (Å²) in [6.07, 6.45) is 8.57. The number of carbonyl (C=O) groups is 1. The average Bonchev–Trinajstić information content (AvgIpc) is 3.39. The van der Waals surface area contributed by atoms with Crippen molar-refractivity contribution >= 4 is 23.0 Å². The molecule has 5 heteroatoms. The molecule has 0 amide bonds. The van der Waals surface area contributed by atoms with E-state index in [0.29, 0.717) is 11.5 Å². The molecule has 1 aromatic carbocycles. The van der Waals surface area contributed by atoms with E-state index in [9.17, 15) is 4.79 Å². The van der Waals surface area contributed by atoms with Crippen LogP contribution in [0.25, 0.3) is 10.9 Å². The molecule has 1 unspecified atom stereocenters. The van der Waals surface area contributed by atoms with Gasteiger partial charge < -0.3 is 14.4 Å². The van der Waals surface area contributed by atoms with Gasteiger partial charge in [-0.3, -0.25) is 4.79 Å². The lowest BCUT2D eigenvalue weighted by Crippen LogP contribution is -2.38. The van der Waals surface area contributed by atoms with Gasteiger partial charge in [0.2, 0.25) is 0 Å². The molecule has 1 atom stereocenters. The summed E-state index contributed by atoms with van der Waals surface area (Å²) in [4.78, 5) is 20.3. The number of nitrogens with zero attached hydrogens (tertiary/aromatic N) is 4. The van der Waals surface area contributed by atoms with Crippen LogP contribution in [0.1, 0.15) is 41.1 Å². The van der Waals surface area contributed by atoms with Crippen molar-refractivity contribution in [2.45, 2.75) is 25.2 Å². The van der Waals surface area contributed by atoms with Crippen LogP contribution in [0, 0.1) is 5.92 Å². The number of aromatic nitrogens is 2. The van der Waals surface area contributed by atoms with Crippen molar-refractivity contribution in [2.75, 3.05) is 37.6 Å². The number of aldehydes is 1. The monoisotopic (exact) mass is 402 g/mol. The lowest BCUT2D eigenvalue weighted by molar-refractivity contribution is 0.112. The van der Waals surface area contributed by atoms with Crippen molar-refractivity contribution in [3.63, 3.8) is 0 Å². The third-order valence-electron chi connectivity index (χ3n) is 7.00. The summed E-state index contributed by atoms with van der Waals surface area (Å²) in [6, 6.07) is 12.6. The van der Waals surface area contributed by atoms with Crippen molar-refractivity contribution in [3.05, 3.63) is 59.9 Å². The SMILES string of the molecule is Cn1cc(C2CCN(CC3CCN(c4ccc(C=O)cn4)CC3)C2)c2ccccc21. The Morgan fingerprint density at radius 1 is 1.07 bits per heavy atom. The molecule has 2 fully saturated rings. The zero-order chi connectivity index (χ0) is 20.5. The van der Waals surface area contributed by atoms with Crippen molar-refractivity contribution in [1.82, 2.24) is 14.5 Å². The molecule has 156 valence electrons. The fourth-order valence-electron chi connectivity index (χ4n) is 5.31. The fraction of sp³-hybridized carbons (Fsp3) is 0.440. The molecular weight excluding hydrogens is 372 g/mol. The van der Waals surface area contributed by atoms with Gasteiger partial charge in [-0.05, 0) is 61.4 Å². The molecular formula is C25H30N4O. The van der Waals surface area contributed by atoms with Gasteiger partial charge in [0.15, 0.2) is 6.29 Å². The number of hydrogen-bond acceptors (Lipinski definition) is 4. The maximum atomic E-state index is 10.8. The van der Waals surface area contributed by atoms with Crippen LogP contribution in [0.5, 0.6) is 0 Å². The molecule has 0 bridgehead atoms. The van der Waals surface area contributed by atoms with Crippen LogP contribution >= 0.6 is 0 Å². The Kier molecular flexibility index (Phi) is 5.30. The van der Waals surface area contributed by atoms with Gasteiger partial charge in [0.25, 0.3) is 0 Å². The molecule has 2 saturated heterocycles. The third kappa shape index (κ3) is 3.74. The molecule has 5 nitrogen and oxygen atoms in total. The minimum absolute atomic E-state index is 0.642. The standard InChI is InChI=1S/C25H30N4O/c1-27-17-23(22-4-2-3-5-24(22)27)21-10-11-28(16-21)15-19-8-12-29(13-9-19)25-7-6-20(18-30)14-26-25/h2-7,14,17-19,21H,8-13,15-16H2,1H3. The highest BCUT2D eigenvalue weighted by atomic mass is 16.1. The quantitative estimate of drug-likeness (QED) is 0.603. The Hall–Kier alpha value is -2.66. The number of hydrogen-bond donors (Lipinski definition) is 0. The van der Waals surface area contributed by atoms with E-state index in [1.165, 1.54) is 55.4 Å². The van der Waals surface area contributed by atoms with Crippen LogP contribution in [0.3, 0.4) is 0 Å². The lowest BCUT2D eigenvalue weighted by atomic mass is 9.96. The molecule has 5 rings (SSSR count). The molecule has 4 heterocycles. The Balaban J connectivity index is 1.16. The number of benzene rings is 1. The molecule has 2 aromatic heterocycles. The van der Waals surface area contributed by atoms with E-state index >= 15 is 0 Å². The van der Waals surface area contributed by atoms with Gasteiger partial charge in [-0.25, -0.2) is 4.98 Å². The molecule has 2 aliphatic heterocycles. The predicted molar refractivity (Wildman–Crippen MR) is 121 cm³/mol. The zero-order valence-electron chi connectivity index (χ0n) is 17.7. The summed E-state index contributed by atoms with van der Waals surface area (Å²) in [5.41, 5.74) is 3.51. The lowest BCUT2D eigenvalue weighted by Gasteiger charge is -2.34. The maximum absolute atomic E-state index is 10.8. The van der Waals surface area contributed by atoms with Crippen LogP contribution in [0.15, 0.2) is 48.8 Å². The number of rotatable bonds is 5. The molecule has 0 saturated carbocycles. The van der Waals surface area contributed by atoms with Crippen molar-refractivity contribution < 1.29 is 4.79 Å². The number of fused-ring (bicyclic) bond motifs is 1. The Morgan fingerprint density at radius 2 is 1.90 bits per heavy atom. The Labute approximate surface area is 178 Å². The first-order valence-electron chi connectivity index (χ1n) is 11.1. The molecule has 0 aliphatic carbocycles.